The smallest absolute Gasteiger partial charge is 0.244 e. The molecule has 0 fully saturated rings. The van der Waals surface area contributed by atoms with Gasteiger partial charge in [0.2, 0.25) is 11.9 Å². The lowest BCUT2D eigenvalue weighted by Crippen LogP contribution is -2.29. The number of amides is 1. The molecule has 90 valence electrons. The summed E-state index contributed by atoms with van der Waals surface area (Å²) in [6.07, 6.45) is 1.45. The molecular formula is C10H13N5OS. The molecule has 6 nitrogen and oxygen atoms in total. The Labute approximate surface area is 103 Å². The first-order chi connectivity index (χ1) is 8.15. The summed E-state index contributed by atoms with van der Waals surface area (Å²) in [7, 11) is 1.77. The second kappa shape index (κ2) is 4.96. The van der Waals surface area contributed by atoms with Crippen molar-refractivity contribution < 1.29 is 4.79 Å². The van der Waals surface area contributed by atoms with Gasteiger partial charge in [0.15, 0.2) is 0 Å². The summed E-state index contributed by atoms with van der Waals surface area (Å²) in [6.45, 7) is 0.771. The van der Waals surface area contributed by atoms with Gasteiger partial charge in [-0.1, -0.05) is 6.07 Å². The topological polar surface area (TPSA) is 77.0 Å². The van der Waals surface area contributed by atoms with Crippen LogP contribution in [0.1, 0.15) is 4.88 Å². The third-order valence-electron chi connectivity index (χ3n) is 2.25. The summed E-state index contributed by atoms with van der Waals surface area (Å²) in [5.74, 6) is 0.155. The van der Waals surface area contributed by atoms with Gasteiger partial charge >= 0.3 is 0 Å². The van der Waals surface area contributed by atoms with E-state index in [-0.39, 0.29) is 18.4 Å². The predicted molar refractivity (Wildman–Crippen MR) is 65.2 cm³/mol. The summed E-state index contributed by atoms with van der Waals surface area (Å²) < 4.78 is 1.43. The number of thiophene rings is 1. The van der Waals surface area contributed by atoms with E-state index in [1.807, 2.05) is 17.5 Å². The second-order valence-electron chi connectivity index (χ2n) is 3.63. The van der Waals surface area contributed by atoms with Gasteiger partial charge in [0.25, 0.3) is 0 Å². The van der Waals surface area contributed by atoms with E-state index < -0.39 is 0 Å². The zero-order valence-electron chi connectivity index (χ0n) is 9.41. The molecule has 0 bridgehead atoms. The summed E-state index contributed by atoms with van der Waals surface area (Å²) >= 11 is 1.63. The number of nitrogens with zero attached hydrogens (tertiary/aromatic N) is 4. The minimum Gasteiger partial charge on any atom is -0.367 e. The molecule has 0 unspecified atom stereocenters. The molecule has 0 aliphatic carbocycles. The van der Waals surface area contributed by atoms with Gasteiger partial charge in [0.05, 0.1) is 6.54 Å². The molecule has 2 N–H and O–H groups in total. The Morgan fingerprint density at radius 1 is 1.65 bits per heavy atom. The van der Waals surface area contributed by atoms with E-state index in [0.29, 0.717) is 6.54 Å². The van der Waals surface area contributed by atoms with Crippen molar-refractivity contribution >= 4 is 23.2 Å². The Balaban J connectivity index is 1.91. The Morgan fingerprint density at radius 2 is 2.47 bits per heavy atom. The highest BCUT2D eigenvalue weighted by Gasteiger charge is 2.11. The number of likely N-dealkylation sites (N-methyl/N-ethyl adjacent to an activating group) is 1. The zero-order chi connectivity index (χ0) is 12.3. The number of nitrogen functional groups attached to an aromatic ring is 1. The maximum atomic E-state index is 11.8. The highest BCUT2D eigenvalue weighted by atomic mass is 32.1. The van der Waals surface area contributed by atoms with Crippen LogP contribution in [0.25, 0.3) is 0 Å². The number of rotatable bonds is 4. The second-order valence-corrected chi connectivity index (χ2v) is 4.66. The van der Waals surface area contributed by atoms with Crippen molar-refractivity contribution in [3.63, 3.8) is 0 Å². The van der Waals surface area contributed by atoms with Crippen molar-refractivity contribution in [2.75, 3.05) is 12.8 Å². The number of anilines is 1. The third-order valence-corrected chi connectivity index (χ3v) is 3.11. The van der Waals surface area contributed by atoms with Gasteiger partial charge in [-0.2, -0.15) is 0 Å². The van der Waals surface area contributed by atoms with Gasteiger partial charge in [-0.3, -0.25) is 4.79 Å². The van der Waals surface area contributed by atoms with Gasteiger partial charge in [-0.05, 0) is 11.4 Å². The van der Waals surface area contributed by atoms with Crippen LogP contribution in [0.4, 0.5) is 5.95 Å². The molecule has 17 heavy (non-hydrogen) atoms. The van der Waals surface area contributed by atoms with Crippen LogP contribution in [-0.4, -0.2) is 32.6 Å². The lowest BCUT2D eigenvalue weighted by atomic mass is 10.4. The first-order valence-electron chi connectivity index (χ1n) is 5.06. The van der Waals surface area contributed by atoms with Crippen molar-refractivity contribution in [2.45, 2.75) is 13.1 Å². The standard InChI is InChI=1S/C10H13N5OS/c1-14(5-8-3-2-4-17-8)9(16)6-15-7-12-10(11)13-15/h2-4,7H,5-6H2,1H3,(H2,11,13). The maximum Gasteiger partial charge on any atom is 0.244 e. The van der Waals surface area contributed by atoms with Crippen LogP contribution >= 0.6 is 11.3 Å². The third kappa shape index (κ3) is 3.04. The van der Waals surface area contributed by atoms with Crippen LogP contribution in [0, 0.1) is 0 Å². The molecule has 0 radical (unpaired) electrons. The first kappa shape index (κ1) is 11.6. The molecular weight excluding hydrogens is 238 g/mol. The highest BCUT2D eigenvalue weighted by molar-refractivity contribution is 7.09. The molecule has 0 saturated carbocycles. The fraction of sp³-hybridized carbons (Fsp3) is 0.300. The van der Waals surface area contributed by atoms with E-state index in [9.17, 15) is 4.79 Å². The van der Waals surface area contributed by atoms with Gasteiger partial charge in [-0.25, -0.2) is 9.67 Å². The summed E-state index contributed by atoms with van der Waals surface area (Å²) in [5, 5.41) is 5.86. The molecule has 2 rings (SSSR count). The van der Waals surface area contributed by atoms with Gasteiger partial charge < -0.3 is 10.6 Å². The number of carbonyl (C=O) groups excluding carboxylic acids is 1. The molecule has 0 aliphatic heterocycles. The Morgan fingerprint density at radius 3 is 3.06 bits per heavy atom. The molecule has 0 atom stereocenters. The zero-order valence-corrected chi connectivity index (χ0v) is 10.2. The van der Waals surface area contributed by atoms with E-state index >= 15 is 0 Å². The van der Waals surface area contributed by atoms with Gasteiger partial charge in [-0.15, -0.1) is 16.4 Å². The number of hydrogen-bond acceptors (Lipinski definition) is 5. The normalized spacial score (nSPS) is 10.4. The Hall–Kier alpha value is -1.89. The van der Waals surface area contributed by atoms with Crippen LogP contribution in [-0.2, 0) is 17.9 Å². The molecule has 0 aromatic carbocycles. The lowest BCUT2D eigenvalue weighted by molar-refractivity contribution is -0.131. The first-order valence-corrected chi connectivity index (χ1v) is 5.94. The van der Waals surface area contributed by atoms with Gasteiger partial charge in [0.1, 0.15) is 12.9 Å². The molecule has 1 amide bonds. The molecule has 0 saturated heterocycles. The molecule has 0 aliphatic rings. The fourth-order valence-corrected chi connectivity index (χ4v) is 2.13. The summed E-state index contributed by atoms with van der Waals surface area (Å²) in [5.41, 5.74) is 5.37. The van der Waals surface area contributed by atoms with E-state index in [2.05, 4.69) is 10.1 Å². The van der Waals surface area contributed by atoms with Gasteiger partial charge in [0, 0.05) is 11.9 Å². The largest absolute Gasteiger partial charge is 0.367 e. The average molecular weight is 251 g/mol. The molecule has 2 aromatic rings. The van der Waals surface area contributed by atoms with Crippen LogP contribution in [0.5, 0.6) is 0 Å². The Kier molecular flexibility index (Phi) is 3.38. The molecule has 0 spiro atoms. The highest BCUT2D eigenvalue weighted by Crippen LogP contribution is 2.11. The van der Waals surface area contributed by atoms with E-state index in [4.69, 9.17) is 5.73 Å². The van der Waals surface area contributed by atoms with Crippen molar-refractivity contribution in [3.8, 4) is 0 Å². The summed E-state index contributed by atoms with van der Waals surface area (Å²) in [6, 6.07) is 3.97. The summed E-state index contributed by atoms with van der Waals surface area (Å²) in [4.78, 5) is 18.4. The number of aromatic nitrogens is 3. The lowest BCUT2D eigenvalue weighted by Gasteiger charge is -2.15. The minimum absolute atomic E-state index is 0.0247. The van der Waals surface area contributed by atoms with Crippen LogP contribution in [0.3, 0.4) is 0 Å². The Bertz CT molecular complexity index is 493. The van der Waals surface area contributed by atoms with Crippen LogP contribution in [0.15, 0.2) is 23.8 Å². The van der Waals surface area contributed by atoms with Crippen molar-refractivity contribution in [1.82, 2.24) is 19.7 Å². The van der Waals surface area contributed by atoms with E-state index in [0.717, 1.165) is 4.88 Å². The predicted octanol–water partition coefficient (Wildman–Crippen LogP) is 0.580. The van der Waals surface area contributed by atoms with Crippen molar-refractivity contribution in [2.24, 2.45) is 0 Å². The van der Waals surface area contributed by atoms with E-state index in [1.165, 1.54) is 11.0 Å². The number of carbonyl (C=O) groups is 1. The molecule has 2 aromatic heterocycles. The number of hydrogen-bond donors (Lipinski definition) is 1. The fourth-order valence-electron chi connectivity index (χ4n) is 1.37. The quantitative estimate of drug-likeness (QED) is 0.862. The monoisotopic (exact) mass is 251 g/mol. The van der Waals surface area contributed by atoms with Crippen molar-refractivity contribution in [3.05, 3.63) is 28.7 Å². The minimum atomic E-state index is -0.0247. The number of nitrogens with two attached hydrogens (primary N) is 1. The molecule has 2 heterocycles. The average Bonchev–Trinajstić information content (AvgIpc) is 2.90. The SMILES string of the molecule is CN(Cc1cccs1)C(=O)Cn1cnc(N)n1. The van der Waals surface area contributed by atoms with E-state index in [1.54, 1.807) is 23.3 Å². The van der Waals surface area contributed by atoms with Crippen molar-refractivity contribution in [1.29, 1.82) is 0 Å². The van der Waals surface area contributed by atoms with Crippen LogP contribution < -0.4 is 5.73 Å². The van der Waals surface area contributed by atoms with Crippen LogP contribution in [0.2, 0.25) is 0 Å². The molecule has 7 heteroatoms. The maximum absolute atomic E-state index is 11.8.